The number of benzene rings is 2. The summed E-state index contributed by atoms with van der Waals surface area (Å²) in [5, 5.41) is 13.4. The molecule has 0 aliphatic rings. The number of amides is 1. The lowest BCUT2D eigenvalue weighted by atomic mass is 10.3. The topological polar surface area (TPSA) is 108 Å². The fourth-order valence-electron chi connectivity index (χ4n) is 2.72. The highest BCUT2D eigenvalue weighted by Crippen LogP contribution is 2.19. The second-order valence-electron chi connectivity index (χ2n) is 6.03. The molecular weight excluding hydrogens is 364 g/mol. The Hall–Kier alpha value is -3.88. The van der Waals surface area contributed by atoms with Crippen LogP contribution in [0.4, 0.5) is 11.4 Å². The molecule has 0 saturated carbocycles. The molecule has 3 rings (SSSR count). The molecule has 28 heavy (non-hydrogen) atoms. The van der Waals surface area contributed by atoms with Crippen LogP contribution in [0.1, 0.15) is 5.69 Å². The smallest absolute Gasteiger partial charge is 0.295 e. The zero-order valence-electron chi connectivity index (χ0n) is 15.3. The predicted octanol–water partition coefficient (Wildman–Crippen LogP) is 2.41. The van der Waals surface area contributed by atoms with Crippen molar-refractivity contribution in [3.8, 4) is 11.4 Å². The second-order valence-corrected chi connectivity index (χ2v) is 6.03. The van der Waals surface area contributed by atoms with Crippen molar-refractivity contribution in [2.75, 3.05) is 11.9 Å². The van der Waals surface area contributed by atoms with E-state index in [1.54, 1.807) is 30.8 Å². The minimum absolute atomic E-state index is 0.137. The first-order chi connectivity index (χ1) is 13.4. The van der Waals surface area contributed by atoms with E-state index in [0.29, 0.717) is 11.4 Å². The molecule has 0 aliphatic heterocycles. The van der Waals surface area contributed by atoms with Gasteiger partial charge in [-0.05, 0) is 25.1 Å². The number of nitro benzene ring substituents is 1. The standard InChI is InChI=1S/C19H18N4O5/c1-13-18(19(25)22(21(13)2)14-7-4-3-5-8-14)20-17(24)12-28-16-10-6-9-15(11-16)23(26)27/h3-11H,12H2,1-2H3,(H,20,24). The highest BCUT2D eigenvalue weighted by molar-refractivity contribution is 5.92. The van der Waals surface area contributed by atoms with Crippen molar-refractivity contribution in [3.05, 3.63) is 80.8 Å². The maximum Gasteiger partial charge on any atom is 0.295 e. The average Bonchev–Trinajstić information content (AvgIpc) is 2.90. The van der Waals surface area contributed by atoms with Crippen LogP contribution in [0.5, 0.6) is 5.75 Å². The quantitative estimate of drug-likeness (QED) is 0.520. The van der Waals surface area contributed by atoms with Gasteiger partial charge in [-0.3, -0.25) is 24.4 Å². The van der Waals surface area contributed by atoms with Crippen LogP contribution in [-0.2, 0) is 11.8 Å². The Morgan fingerprint density at radius 3 is 2.57 bits per heavy atom. The fourth-order valence-corrected chi connectivity index (χ4v) is 2.72. The molecule has 0 atom stereocenters. The number of para-hydroxylation sites is 1. The number of rotatable bonds is 6. The highest BCUT2D eigenvalue weighted by Gasteiger charge is 2.18. The van der Waals surface area contributed by atoms with E-state index in [-0.39, 0.29) is 29.3 Å². The van der Waals surface area contributed by atoms with Crippen molar-refractivity contribution in [2.24, 2.45) is 7.05 Å². The molecule has 1 heterocycles. The van der Waals surface area contributed by atoms with Crippen LogP contribution in [0.2, 0.25) is 0 Å². The van der Waals surface area contributed by atoms with Crippen LogP contribution in [0, 0.1) is 17.0 Å². The van der Waals surface area contributed by atoms with Gasteiger partial charge < -0.3 is 10.1 Å². The first-order valence-corrected chi connectivity index (χ1v) is 8.39. The molecule has 0 saturated heterocycles. The molecule has 0 aliphatic carbocycles. The van der Waals surface area contributed by atoms with E-state index in [1.165, 1.54) is 28.9 Å². The van der Waals surface area contributed by atoms with E-state index in [0.717, 1.165) is 0 Å². The molecule has 2 aromatic carbocycles. The molecule has 144 valence electrons. The Labute approximate surface area is 159 Å². The number of nitrogens with zero attached hydrogens (tertiary/aromatic N) is 3. The first-order valence-electron chi connectivity index (χ1n) is 8.39. The van der Waals surface area contributed by atoms with Gasteiger partial charge in [0.1, 0.15) is 11.4 Å². The minimum Gasteiger partial charge on any atom is -0.484 e. The summed E-state index contributed by atoms with van der Waals surface area (Å²) in [6.45, 7) is 1.33. The molecule has 0 fully saturated rings. The van der Waals surface area contributed by atoms with Gasteiger partial charge in [0.2, 0.25) is 0 Å². The molecule has 0 radical (unpaired) electrons. The minimum atomic E-state index is -0.549. The molecule has 0 bridgehead atoms. The van der Waals surface area contributed by atoms with E-state index >= 15 is 0 Å². The van der Waals surface area contributed by atoms with Crippen LogP contribution in [-0.4, -0.2) is 26.8 Å². The normalized spacial score (nSPS) is 10.5. The van der Waals surface area contributed by atoms with E-state index in [2.05, 4.69) is 5.32 Å². The predicted molar refractivity (Wildman–Crippen MR) is 103 cm³/mol. The number of aromatic nitrogens is 2. The summed E-state index contributed by atoms with van der Waals surface area (Å²) in [6.07, 6.45) is 0. The third-order valence-electron chi connectivity index (χ3n) is 4.22. The number of anilines is 1. The third kappa shape index (κ3) is 3.78. The van der Waals surface area contributed by atoms with Gasteiger partial charge in [-0.15, -0.1) is 0 Å². The number of hydrogen-bond donors (Lipinski definition) is 1. The summed E-state index contributed by atoms with van der Waals surface area (Å²) in [5.74, 6) is -0.353. The number of nitrogens with one attached hydrogen (secondary N) is 1. The Balaban J connectivity index is 1.75. The summed E-state index contributed by atoms with van der Waals surface area (Å²) in [4.78, 5) is 35.2. The van der Waals surface area contributed by atoms with Gasteiger partial charge in [0, 0.05) is 13.1 Å². The molecule has 9 nitrogen and oxygen atoms in total. The van der Waals surface area contributed by atoms with Crippen molar-refractivity contribution in [1.29, 1.82) is 0 Å². The van der Waals surface area contributed by atoms with Gasteiger partial charge in [0.15, 0.2) is 6.61 Å². The zero-order valence-corrected chi connectivity index (χ0v) is 15.3. The van der Waals surface area contributed by atoms with Crippen molar-refractivity contribution < 1.29 is 14.5 Å². The maximum atomic E-state index is 12.8. The Morgan fingerprint density at radius 1 is 1.18 bits per heavy atom. The van der Waals surface area contributed by atoms with Crippen LogP contribution in [0.25, 0.3) is 5.69 Å². The van der Waals surface area contributed by atoms with E-state index in [1.807, 2.05) is 18.2 Å². The van der Waals surface area contributed by atoms with Gasteiger partial charge in [-0.1, -0.05) is 24.3 Å². The van der Waals surface area contributed by atoms with Gasteiger partial charge >= 0.3 is 0 Å². The molecular formula is C19H18N4O5. The van der Waals surface area contributed by atoms with Gasteiger partial charge in [0.05, 0.1) is 22.4 Å². The Kier molecular flexibility index (Phi) is 5.25. The van der Waals surface area contributed by atoms with E-state index in [4.69, 9.17) is 4.74 Å². The maximum absolute atomic E-state index is 12.8. The second kappa shape index (κ2) is 7.78. The fraction of sp³-hybridized carbons (Fsp3) is 0.158. The summed E-state index contributed by atoms with van der Waals surface area (Å²) in [7, 11) is 1.72. The summed E-state index contributed by atoms with van der Waals surface area (Å²) in [5.41, 5.74) is 0.903. The summed E-state index contributed by atoms with van der Waals surface area (Å²) < 4.78 is 8.40. The van der Waals surface area contributed by atoms with Gasteiger partial charge in [-0.25, -0.2) is 4.68 Å². The number of hydrogen-bond acceptors (Lipinski definition) is 5. The number of nitro groups is 1. The molecule has 0 unspecified atom stereocenters. The summed E-state index contributed by atoms with van der Waals surface area (Å²) >= 11 is 0. The van der Waals surface area contributed by atoms with Crippen molar-refractivity contribution in [3.63, 3.8) is 0 Å². The van der Waals surface area contributed by atoms with E-state index in [9.17, 15) is 19.7 Å². The van der Waals surface area contributed by atoms with Crippen LogP contribution in [0.3, 0.4) is 0 Å². The van der Waals surface area contributed by atoms with Crippen molar-refractivity contribution in [2.45, 2.75) is 6.92 Å². The Morgan fingerprint density at radius 2 is 1.89 bits per heavy atom. The number of ether oxygens (including phenoxy) is 1. The molecule has 1 N–H and O–H groups in total. The van der Waals surface area contributed by atoms with Crippen LogP contribution in [0.15, 0.2) is 59.4 Å². The SMILES string of the molecule is Cc1c(NC(=O)COc2cccc([N+](=O)[O-])c2)c(=O)n(-c2ccccc2)n1C. The molecule has 1 amide bonds. The lowest BCUT2D eigenvalue weighted by molar-refractivity contribution is -0.384. The van der Waals surface area contributed by atoms with Gasteiger partial charge in [-0.2, -0.15) is 0 Å². The van der Waals surface area contributed by atoms with Gasteiger partial charge in [0.25, 0.3) is 17.2 Å². The Bertz CT molecular complexity index is 1090. The molecule has 0 spiro atoms. The monoisotopic (exact) mass is 382 g/mol. The number of non-ortho nitro benzene ring substituents is 1. The van der Waals surface area contributed by atoms with E-state index < -0.39 is 10.8 Å². The molecule has 9 heteroatoms. The number of carbonyl (C=O) groups is 1. The molecule has 1 aromatic heterocycles. The largest absolute Gasteiger partial charge is 0.484 e. The first kappa shape index (κ1) is 18.9. The third-order valence-corrected chi connectivity index (χ3v) is 4.22. The van der Waals surface area contributed by atoms with Crippen molar-refractivity contribution in [1.82, 2.24) is 9.36 Å². The lowest BCUT2D eigenvalue weighted by Gasteiger charge is -2.07. The van der Waals surface area contributed by atoms with Crippen LogP contribution < -0.4 is 15.6 Å². The highest BCUT2D eigenvalue weighted by atomic mass is 16.6. The number of carbonyl (C=O) groups excluding carboxylic acids is 1. The summed E-state index contributed by atoms with van der Waals surface area (Å²) in [6, 6.07) is 14.6. The molecule has 3 aromatic rings. The van der Waals surface area contributed by atoms with Crippen molar-refractivity contribution >= 4 is 17.3 Å². The lowest BCUT2D eigenvalue weighted by Crippen LogP contribution is -2.25. The van der Waals surface area contributed by atoms with Crippen LogP contribution >= 0.6 is 0 Å². The zero-order chi connectivity index (χ0) is 20.3. The average molecular weight is 382 g/mol.